The van der Waals surface area contributed by atoms with Gasteiger partial charge in [0.1, 0.15) is 11.9 Å². The molecule has 1 aromatic heterocycles. The summed E-state index contributed by atoms with van der Waals surface area (Å²) in [5.74, 6) is -0.797. The molecule has 32 heavy (non-hydrogen) atoms. The fourth-order valence-corrected chi connectivity index (χ4v) is 3.68. The van der Waals surface area contributed by atoms with Crippen molar-refractivity contribution in [2.75, 3.05) is 36.4 Å². The minimum absolute atomic E-state index is 0.190. The summed E-state index contributed by atoms with van der Waals surface area (Å²) in [4.78, 5) is 44.9. The van der Waals surface area contributed by atoms with Gasteiger partial charge >= 0.3 is 6.18 Å². The lowest BCUT2D eigenvalue weighted by Crippen LogP contribution is -2.51. The molecule has 11 heteroatoms. The van der Waals surface area contributed by atoms with Crippen molar-refractivity contribution in [3.05, 3.63) is 53.7 Å². The van der Waals surface area contributed by atoms with Crippen LogP contribution in [0.2, 0.25) is 0 Å². The number of piperazine rings is 1. The van der Waals surface area contributed by atoms with Crippen LogP contribution in [0, 0.1) is 0 Å². The van der Waals surface area contributed by atoms with E-state index in [9.17, 15) is 27.6 Å². The molecule has 0 bridgehead atoms. The number of rotatable bonds is 3. The highest BCUT2D eigenvalue weighted by Gasteiger charge is 2.33. The Bertz CT molecular complexity index is 1030. The van der Waals surface area contributed by atoms with Crippen LogP contribution in [-0.2, 0) is 15.8 Å². The fraction of sp³-hybridized carbons (Fsp3) is 0.333. The maximum absolute atomic E-state index is 12.7. The van der Waals surface area contributed by atoms with E-state index in [0.717, 1.165) is 12.3 Å². The molecule has 2 aliphatic heterocycles. The van der Waals surface area contributed by atoms with Gasteiger partial charge in [-0.2, -0.15) is 13.2 Å². The van der Waals surface area contributed by atoms with E-state index in [0.29, 0.717) is 43.2 Å². The molecule has 168 valence electrons. The van der Waals surface area contributed by atoms with E-state index in [1.54, 1.807) is 34.1 Å². The molecule has 1 fully saturated rings. The Morgan fingerprint density at radius 1 is 1.06 bits per heavy atom. The predicted molar refractivity (Wildman–Crippen MR) is 109 cm³/mol. The van der Waals surface area contributed by atoms with E-state index in [2.05, 4.69) is 15.6 Å². The number of halogens is 3. The first-order chi connectivity index (χ1) is 15.2. The first-order valence-electron chi connectivity index (χ1n) is 9.99. The molecular formula is C21H20F3N5O3. The van der Waals surface area contributed by atoms with Gasteiger partial charge in [-0.15, -0.1) is 0 Å². The monoisotopic (exact) mass is 447 g/mol. The molecule has 1 aromatic carbocycles. The number of carbonyl (C=O) groups is 3. The number of hydrogen-bond acceptors (Lipinski definition) is 5. The fourth-order valence-electron chi connectivity index (χ4n) is 3.68. The largest absolute Gasteiger partial charge is 0.417 e. The number of amides is 3. The molecular weight excluding hydrogens is 427 g/mol. The van der Waals surface area contributed by atoms with Crippen molar-refractivity contribution < 1.29 is 27.6 Å². The summed E-state index contributed by atoms with van der Waals surface area (Å²) in [6.45, 7) is 1.42. The predicted octanol–water partition coefficient (Wildman–Crippen LogP) is 1.89. The van der Waals surface area contributed by atoms with E-state index in [1.807, 2.05) is 0 Å². The zero-order chi connectivity index (χ0) is 22.9. The first kappa shape index (κ1) is 21.6. The van der Waals surface area contributed by atoms with Gasteiger partial charge in [-0.05, 0) is 24.3 Å². The summed E-state index contributed by atoms with van der Waals surface area (Å²) in [6, 6.07) is 7.87. The molecule has 3 heterocycles. The highest BCUT2D eigenvalue weighted by atomic mass is 19.4. The molecule has 0 spiro atoms. The zero-order valence-corrected chi connectivity index (χ0v) is 16.9. The molecule has 3 amide bonds. The minimum atomic E-state index is -4.45. The average molecular weight is 447 g/mol. The molecule has 2 N–H and O–H groups in total. The highest BCUT2D eigenvalue weighted by molar-refractivity contribution is 6.10. The Labute approximate surface area is 181 Å². The number of para-hydroxylation sites is 1. The summed E-state index contributed by atoms with van der Waals surface area (Å²) < 4.78 is 38.1. The second-order valence-electron chi connectivity index (χ2n) is 7.54. The third kappa shape index (κ3) is 4.51. The lowest BCUT2D eigenvalue weighted by Gasteiger charge is -2.36. The van der Waals surface area contributed by atoms with Crippen LogP contribution in [0.3, 0.4) is 0 Å². The molecule has 0 aliphatic carbocycles. The van der Waals surface area contributed by atoms with Crippen molar-refractivity contribution in [1.29, 1.82) is 0 Å². The van der Waals surface area contributed by atoms with Gasteiger partial charge in [-0.1, -0.05) is 12.1 Å². The van der Waals surface area contributed by atoms with E-state index in [4.69, 9.17) is 0 Å². The molecule has 1 atom stereocenters. The Morgan fingerprint density at radius 2 is 1.78 bits per heavy atom. The van der Waals surface area contributed by atoms with Crippen LogP contribution < -0.4 is 15.5 Å². The summed E-state index contributed by atoms with van der Waals surface area (Å²) in [6.07, 6.45) is -3.85. The maximum Gasteiger partial charge on any atom is 0.417 e. The topological polar surface area (TPSA) is 94.6 Å². The van der Waals surface area contributed by atoms with Gasteiger partial charge in [-0.3, -0.25) is 14.4 Å². The van der Waals surface area contributed by atoms with Crippen molar-refractivity contribution >= 4 is 29.2 Å². The molecule has 2 aromatic rings. The summed E-state index contributed by atoms with van der Waals surface area (Å²) in [7, 11) is 0. The van der Waals surface area contributed by atoms with Crippen molar-refractivity contribution in [2.24, 2.45) is 0 Å². The number of nitrogens with zero attached hydrogens (tertiary/aromatic N) is 3. The van der Waals surface area contributed by atoms with Crippen molar-refractivity contribution in [3.63, 3.8) is 0 Å². The summed E-state index contributed by atoms with van der Waals surface area (Å²) >= 11 is 0. The molecule has 8 nitrogen and oxygen atoms in total. The van der Waals surface area contributed by atoms with Crippen LogP contribution in [-0.4, -0.2) is 59.8 Å². The standard InChI is InChI=1S/C21H20F3N5O3/c22-21(23,24)13-5-6-17(25-12-13)28-7-9-29(10-8-28)18(30)11-16-20(32)26-15-4-2-1-3-14(15)19(31)27-16/h1-6,12,16H,7-11H2,(H,26,32)(H,27,31). The number of hydrogen-bond donors (Lipinski definition) is 2. The number of fused-ring (bicyclic) bond motifs is 1. The van der Waals surface area contributed by atoms with Crippen molar-refractivity contribution in [2.45, 2.75) is 18.6 Å². The quantitative estimate of drug-likeness (QED) is 0.750. The van der Waals surface area contributed by atoms with Gasteiger partial charge in [0.2, 0.25) is 11.8 Å². The summed E-state index contributed by atoms with van der Waals surface area (Å²) in [5, 5.41) is 5.26. The lowest BCUT2D eigenvalue weighted by atomic mass is 10.1. The van der Waals surface area contributed by atoms with Crippen LogP contribution >= 0.6 is 0 Å². The molecule has 0 radical (unpaired) electrons. The number of pyridine rings is 1. The molecule has 2 aliphatic rings. The second-order valence-corrected chi connectivity index (χ2v) is 7.54. The average Bonchev–Trinajstić information content (AvgIpc) is 2.89. The van der Waals surface area contributed by atoms with Crippen LogP contribution in [0.25, 0.3) is 0 Å². The smallest absolute Gasteiger partial charge is 0.353 e. The van der Waals surface area contributed by atoms with Gasteiger partial charge in [0.15, 0.2) is 0 Å². The number of benzene rings is 1. The zero-order valence-electron chi connectivity index (χ0n) is 16.9. The Hall–Kier alpha value is -3.63. The third-order valence-electron chi connectivity index (χ3n) is 5.46. The van der Waals surface area contributed by atoms with Crippen molar-refractivity contribution in [3.8, 4) is 0 Å². The Morgan fingerprint density at radius 3 is 2.44 bits per heavy atom. The summed E-state index contributed by atoms with van der Waals surface area (Å²) in [5.41, 5.74) is -0.100. The number of nitrogens with one attached hydrogen (secondary N) is 2. The second kappa shape index (κ2) is 8.48. The van der Waals surface area contributed by atoms with E-state index in [-0.39, 0.29) is 12.3 Å². The van der Waals surface area contributed by atoms with E-state index >= 15 is 0 Å². The first-order valence-corrected chi connectivity index (χ1v) is 9.99. The number of alkyl halides is 3. The van der Waals surface area contributed by atoms with Gasteiger partial charge in [0.25, 0.3) is 5.91 Å². The number of aromatic nitrogens is 1. The van der Waals surface area contributed by atoms with Gasteiger partial charge < -0.3 is 20.4 Å². The molecule has 4 rings (SSSR count). The maximum atomic E-state index is 12.7. The van der Waals surface area contributed by atoms with Gasteiger partial charge in [0, 0.05) is 32.4 Å². The third-order valence-corrected chi connectivity index (χ3v) is 5.46. The highest BCUT2D eigenvalue weighted by Crippen LogP contribution is 2.29. The van der Waals surface area contributed by atoms with Crippen LogP contribution in [0.5, 0.6) is 0 Å². The Kier molecular flexibility index (Phi) is 5.72. The SMILES string of the molecule is O=C1NC(CC(=O)N2CCN(c3ccc(C(F)(F)F)cn3)CC2)C(=O)Nc2ccccc21. The van der Waals surface area contributed by atoms with Crippen LogP contribution in [0.15, 0.2) is 42.6 Å². The van der Waals surface area contributed by atoms with E-state index in [1.165, 1.54) is 6.07 Å². The van der Waals surface area contributed by atoms with E-state index < -0.39 is 29.6 Å². The number of carbonyl (C=O) groups excluding carboxylic acids is 3. The molecule has 0 saturated carbocycles. The Balaban J connectivity index is 1.34. The lowest BCUT2D eigenvalue weighted by molar-refractivity contribution is -0.138. The van der Waals surface area contributed by atoms with Gasteiger partial charge in [0.05, 0.1) is 23.2 Å². The molecule has 1 unspecified atom stereocenters. The van der Waals surface area contributed by atoms with Crippen molar-refractivity contribution in [1.82, 2.24) is 15.2 Å². The molecule has 1 saturated heterocycles. The van der Waals surface area contributed by atoms with Crippen LogP contribution in [0.4, 0.5) is 24.7 Å². The minimum Gasteiger partial charge on any atom is -0.353 e. The number of anilines is 2. The normalized spacial score (nSPS) is 19.0. The van der Waals surface area contributed by atoms with Crippen LogP contribution in [0.1, 0.15) is 22.3 Å². The van der Waals surface area contributed by atoms with Gasteiger partial charge in [-0.25, -0.2) is 4.98 Å².